The van der Waals surface area contributed by atoms with Gasteiger partial charge >= 0.3 is 8.25 Å². The zero-order valence-electron chi connectivity index (χ0n) is 13.0. The van der Waals surface area contributed by atoms with Gasteiger partial charge < -0.3 is 9.47 Å². The van der Waals surface area contributed by atoms with E-state index in [1.165, 1.54) is 25.7 Å². The molecule has 20 heavy (non-hydrogen) atoms. The maximum Gasteiger partial charge on any atom is 0.697 e. The van der Waals surface area contributed by atoms with Crippen LogP contribution < -0.4 is 0 Å². The topological polar surface area (TPSA) is 54.0 Å². The molecule has 0 aliphatic carbocycles. The van der Waals surface area contributed by atoms with Crippen molar-refractivity contribution in [3.63, 3.8) is 0 Å². The van der Waals surface area contributed by atoms with Crippen LogP contribution in [0.4, 0.5) is 0 Å². The normalized spacial score (nSPS) is 10.9. The van der Waals surface area contributed by atoms with Crippen molar-refractivity contribution in [3.8, 4) is 0 Å². The van der Waals surface area contributed by atoms with Crippen molar-refractivity contribution >= 4 is 8.25 Å². The molecule has 120 valence electrons. The van der Waals surface area contributed by atoms with Gasteiger partial charge in [0.05, 0.1) is 13.2 Å². The lowest BCUT2D eigenvalue weighted by Crippen LogP contribution is -2.05. The number of rotatable bonds is 16. The molecule has 0 amide bonds. The van der Waals surface area contributed by atoms with Crippen LogP contribution in [0.2, 0.25) is 0 Å². The van der Waals surface area contributed by atoms with Gasteiger partial charge in [-0.3, -0.25) is 0 Å². The second-order valence-corrected chi connectivity index (χ2v) is 5.49. The second kappa shape index (κ2) is 17.0. The van der Waals surface area contributed by atoms with E-state index in [0.717, 1.165) is 26.1 Å². The molecule has 0 bridgehead atoms. The maximum absolute atomic E-state index is 11.3. The zero-order chi connectivity index (χ0) is 14.9. The molecule has 0 fully saturated rings. The summed E-state index contributed by atoms with van der Waals surface area (Å²) in [6.45, 7) is 7.30. The molecule has 0 aliphatic rings. The summed E-state index contributed by atoms with van der Waals surface area (Å²) < 4.78 is 32.0. The smallest absolute Gasteiger partial charge is 0.379 e. The van der Waals surface area contributed by atoms with E-state index in [1.807, 2.05) is 0 Å². The van der Waals surface area contributed by atoms with Crippen molar-refractivity contribution in [1.29, 1.82) is 0 Å². The minimum absolute atomic E-state index is 0.304. The van der Waals surface area contributed by atoms with E-state index in [2.05, 4.69) is 13.8 Å². The van der Waals surface area contributed by atoms with E-state index in [0.29, 0.717) is 26.4 Å². The van der Waals surface area contributed by atoms with Crippen LogP contribution in [0.3, 0.4) is 0 Å². The number of hydrogen-bond acceptors (Lipinski definition) is 5. The molecule has 0 saturated carbocycles. The van der Waals surface area contributed by atoms with E-state index in [1.54, 1.807) is 0 Å². The quantitative estimate of drug-likeness (QED) is 0.317. The third-order valence-corrected chi connectivity index (χ3v) is 3.42. The van der Waals surface area contributed by atoms with Crippen LogP contribution in [0.5, 0.6) is 0 Å². The Labute approximate surface area is 124 Å². The third kappa shape index (κ3) is 16.0. The van der Waals surface area contributed by atoms with E-state index >= 15 is 0 Å². The number of hydrogen-bond donors (Lipinski definition) is 0. The maximum atomic E-state index is 11.3. The minimum Gasteiger partial charge on any atom is -0.379 e. The van der Waals surface area contributed by atoms with E-state index in [4.69, 9.17) is 18.5 Å². The summed E-state index contributed by atoms with van der Waals surface area (Å²) in [5, 5.41) is 0. The Kier molecular flexibility index (Phi) is 16.9. The molecule has 0 aromatic heterocycles. The van der Waals surface area contributed by atoms with Gasteiger partial charge in [0.2, 0.25) is 0 Å². The van der Waals surface area contributed by atoms with Crippen molar-refractivity contribution in [2.75, 3.05) is 39.6 Å². The van der Waals surface area contributed by atoms with Crippen LogP contribution in [-0.4, -0.2) is 39.6 Å². The highest BCUT2D eigenvalue weighted by molar-refractivity contribution is 7.33. The van der Waals surface area contributed by atoms with Gasteiger partial charge in [0.1, 0.15) is 13.2 Å². The first-order valence-electron chi connectivity index (χ1n) is 7.69. The standard InChI is InChI=1S/C14H30O5P/c1-3-5-7-9-16-11-13-18-20(15)19-14-12-17-10-8-6-4-2/h3-14H2,1-2H3/q+1. The minimum atomic E-state index is -2.05. The SMILES string of the molecule is CCCCCOCCO[P+](=O)OCCOCCCCC. The van der Waals surface area contributed by atoms with Gasteiger partial charge in [-0.15, -0.1) is 9.05 Å². The fourth-order valence-corrected chi connectivity index (χ4v) is 2.01. The number of ether oxygens (including phenoxy) is 2. The molecule has 0 rings (SSSR count). The van der Waals surface area contributed by atoms with Crippen LogP contribution in [-0.2, 0) is 23.1 Å². The molecule has 0 saturated heterocycles. The first-order valence-corrected chi connectivity index (χ1v) is 8.79. The third-order valence-electron chi connectivity index (χ3n) is 2.63. The van der Waals surface area contributed by atoms with Crippen molar-refractivity contribution in [3.05, 3.63) is 0 Å². The van der Waals surface area contributed by atoms with Gasteiger partial charge in [0.25, 0.3) is 0 Å². The predicted octanol–water partition coefficient (Wildman–Crippen LogP) is 4.09. The molecule has 0 aromatic rings. The molecule has 0 unspecified atom stereocenters. The van der Waals surface area contributed by atoms with Gasteiger partial charge in [0, 0.05) is 17.8 Å². The fraction of sp³-hybridized carbons (Fsp3) is 1.00. The Balaban J connectivity index is 3.13. The Morgan fingerprint density at radius 3 is 1.50 bits per heavy atom. The molecule has 0 heterocycles. The van der Waals surface area contributed by atoms with Crippen molar-refractivity contribution in [2.24, 2.45) is 0 Å². The molecule has 6 heteroatoms. The van der Waals surface area contributed by atoms with Gasteiger partial charge in [-0.1, -0.05) is 39.5 Å². The molecule has 0 atom stereocenters. The first kappa shape index (κ1) is 19.9. The first-order chi connectivity index (χ1) is 9.81. The molecule has 0 aliphatic heterocycles. The molecule has 0 N–H and O–H groups in total. The molecule has 0 radical (unpaired) electrons. The molecular formula is C14H30O5P+. The van der Waals surface area contributed by atoms with Gasteiger partial charge in [0.15, 0.2) is 0 Å². The lowest BCUT2D eigenvalue weighted by atomic mass is 10.3. The lowest BCUT2D eigenvalue weighted by Gasteiger charge is -2.01. The average Bonchev–Trinajstić information content (AvgIpc) is 2.45. The van der Waals surface area contributed by atoms with Crippen LogP contribution in [0.15, 0.2) is 0 Å². The second-order valence-electron chi connectivity index (χ2n) is 4.53. The van der Waals surface area contributed by atoms with E-state index in [-0.39, 0.29) is 0 Å². The number of unbranched alkanes of at least 4 members (excludes halogenated alkanes) is 4. The summed E-state index contributed by atoms with van der Waals surface area (Å²) in [5.74, 6) is 0. The summed E-state index contributed by atoms with van der Waals surface area (Å²) >= 11 is 0. The van der Waals surface area contributed by atoms with Crippen LogP contribution in [0, 0.1) is 0 Å². The van der Waals surface area contributed by atoms with Crippen LogP contribution in [0.25, 0.3) is 0 Å². The van der Waals surface area contributed by atoms with Gasteiger partial charge in [-0.2, -0.15) is 0 Å². The zero-order valence-corrected chi connectivity index (χ0v) is 13.9. The molecule has 5 nitrogen and oxygen atoms in total. The van der Waals surface area contributed by atoms with Crippen molar-refractivity contribution < 1.29 is 23.1 Å². The summed E-state index contributed by atoms with van der Waals surface area (Å²) in [4.78, 5) is 0. The van der Waals surface area contributed by atoms with Crippen LogP contribution >= 0.6 is 8.25 Å². The highest BCUT2D eigenvalue weighted by atomic mass is 31.1. The van der Waals surface area contributed by atoms with E-state index in [9.17, 15) is 4.57 Å². The molecule has 0 spiro atoms. The summed E-state index contributed by atoms with van der Waals surface area (Å²) in [5.41, 5.74) is 0. The van der Waals surface area contributed by atoms with Gasteiger partial charge in [-0.05, 0) is 12.8 Å². The Hall–Kier alpha value is -0.0600. The average molecular weight is 309 g/mol. The molecule has 0 aromatic carbocycles. The summed E-state index contributed by atoms with van der Waals surface area (Å²) in [7, 11) is -2.05. The highest BCUT2D eigenvalue weighted by Gasteiger charge is 2.19. The highest BCUT2D eigenvalue weighted by Crippen LogP contribution is 2.22. The monoisotopic (exact) mass is 309 g/mol. The Morgan fingerprint density at radius 1 is 0.650 bits per heavy atom. The van der Waals surface area contributed by atoms with Crippen molar-refractivity contribution in [1.82, 2.24) is 0 Å². The lowest BCUT2D eigenvalue weighted by molar-refractivity contribution is 0.0776. The predicted molar refractivity (Wildman–Crippen MR) is 80.2 cm³/mol. The largest absolute Gasteiger partial charge is 0.697 e. The Morgan fingerprint density at radius 2 is 1.10 bits per heavy atom. The summed E-state index contributed by atoms with van der Waals surface area (Å²) in [6, 6.07) is 0. The van der Waals surface area contributed by atoms with Crippen LogP contribution in [0.1, 0.15) is 52.4 Å². The molecular weight excluding hydrogens is 279 g/mol. The van der Waals surface area contributed by atoms with Gasteiger partial charge in [-0.25, -0.2) is 0 Å². The van der Waals surface area contributed by atoms with E-state index < -0.39 is 8.25 Å². The van der Waals surface area contributed by atoms with Crippen molar-refractivity contribution in [2.45, 2.75) is 52.4 Å². The summed E-state index contributed by atoms with van der Waals surface area (Å²) in [6.07, 6.45) is 6.84. The fourth-order valence-electron chi connectivity index (χ4n) is 1.49. The Bertz CT molecular complexity index is 194.